The summed E-state index contributed by atoms with van der Waals surface area (Å²) in [5, 5.41) is 0. The topological polar surface area (TPSA) is 77.5 Å². The normalized spacial score (nSPS) is 13.7. The third-order valence-corrected chi connectivity index (χ3v) is 5.24. The van der Waals surface area contributed by atoms with E-state index >= 15 is 0 Å². The quantitative estimate of drug-likeness (QED) is 0.479. The van der Waals surface area contributed by atoms with Gasteiger partial charge in [0.1, 0.15) is 11.5 Å². The summed E-state index contributed by atoms with van der Waals surface area (Å²) in [5.74, 6) is -0.774. The highest BCUT2D eigenvalue weighted by molar-refractivity contribution is 6.45. The Hall–Kier alpha value is -3.43. The smallest absolute Gasteiger partial charge is 0.282 e. The van der Waals surface area contributed by atoms with E-state index < -0.39 is 17.6 Å². The van der Waals surface area contributed by atoms with Gasteiger partial charge in [-0.1, -0.05) is 12.1 Å². The summed E-state index contributed by atoms with van der Waals surface area (Å²) in [6.07, 6.45) is 0. The summed E-state index contributed by atoms with van der Waals surface area (Å²) in [4.78, 5) is 29.9. The fourth-order valence-electron chi connectivity index (χ4n) is 3.65. The first-order valence-electron chi connectivity index (χ1n) is 10.3. The van der Waals surface area contributed by atoms with E-state index in [9.17, 15) is 14.0 Å². The average Bonchev–Trinajstić information content (AvgIpc) is 3.08. The number of anilines is 1. The Labute approximate surface area is 192 Å². The zero-order valence-electron chi connectivity index (χ0n) is 19.1. The van der Waals surface area contributed by atoms with Crippen LogP contribution in [0.15, 0.2) is 48.2 Å². The van der Waals surface area contributed by atoms with E-state index in [1.807, 2.05) is 0 Å². The van der Waals surface area contributed by atoms with E-state index in [0.717, 1.165) is 11.0 Å². The maximum absolute atomic E-state index is 13.9. The lowest BCUT2D eigenvalue weighted by molar-refractivity contribution is -0.120. The molecule has 2 amide bonds. The van der Waals surface area contributed by atoms with Crippen LogP contribution >= 0.6 is 0 Å². The number of halogens is 1. The van der Waals surface area contributed by atoms with Gasteiger partial charge in [0.2, 0.25) is 0 Å². The molecule has 2 aromatic carbocycles. The molecule has 0 N–H and O–H groups in total. The Morgan fingerprint density at radius 3 is 2.09 bits per heavy atom. The number of hydrogen-bond donors (Lipinski definition) is 0. The van der Waals surface area contributed by atoms with Gasteiger partial charge in [-0.25, -0.2) is 9.29 Å². The standard InChI is InChI=1S/C24H27FN2O6/c1-30-12-10-26(11-13-31-2)22-21(16-8-9-19(32-3)20(14-16)33-4)23(28)27(24(22)29)18-7-5-6-17(25)15-18/h5-9,14-15H,10-13H2,1-4H3. The van der Waals surface area contributed by atoms with Crippen LogP contribution in [0.2, 0.25) is 0 Å². The molecule has 8 nitrogen and oxygen atoms in total. The molecular formula is C24H27FN2O6. The molecule has 0 radical (unpaired) electrons. The SMILES string of the molecule is COCCN(CCOC)C1=C(c2ccc(OC)c(OC)c2)C(=O)N(c2cccc(F)c2)C1=O. The number of carbonyl (C=O) groups excluding carboxylic acids is 2. The van der Waals surface area contributed by atoms with Crippen molar-refractivity contribution in [2.75, 3.05) is 59.6 Å². The lowest BCUT2D eigenvalue weighted by Crippen LogP contribution is -2.37. The number of ether oxygens (including phenoxy) is 4. The van der Waals surface area contributed by atoms with Crippen molar-refractivity contribution >= 4 is 23.1 Å². The molecule has 33 heavy (non-hydrogen) atoms. The highest BCUT2D eigenvalue weighted by Crippen LogP contribution is 2.38. The van der Waals surface area contributed by atoms with Gasteiger partial charge in [-0.2, -0.15) is 0 Å². The van der Waals surface area contributed by atoms with E-state index in [0.29, 0.717) is 43.4 Å². The number of nitrogens with zero attached hydrogens (tertiary/aromatic N) is 2. The van der Waals surface area contributed by atoms with Crippen LogP contribution in [0.1, 0.15) is 5.56 Å². The summed E-state index contributed by atoms with van der Waals surface area (Å²) in [7, 11) is 6.11. The average molecular weight is 458 g/mol. The Morgan fingerprint density at radius 2 is 1.52 bits per heavy atom. The molecule has 1 aliphatic rings. The fraction of sp³-hybridized carbons (Fsp3) is 0.333. The molecule has 0 saturated carbocycles. The third kappa shape index (κ3) is 4.99. The second-order valence-corrected chi connectivity index (χ2v) is 7.19. The van der Waals surface area contributed by atoms with Gasteiger partial charge in [0.25, 0.3) is 11.8 Å². The molecule has 0 fully saturated rings. The minimum absolute atomic E-state index is 0.149. The summed E-state index contributed by atoms with van der Waals surface area (Å²) in [5.41, 5.74) is 0.985. The van der Waals surface area contributed by atoms with Gasteiger partial charge in [-0.15, -0.1) is 0 Å². The minimum Gasteiger partial charge on any atom is -0.493 e. The number of rotatable bonds is 11. The summed E-state index contributed by atoms with van der Waals surface area (Å²) in [6, 6.07) is 10.4. The van der Waals surface area contributed by atoms with Crippen molar-refractivity contribution in [3.05, 3.63) is 59.5 Å². The number of imide groups is 1. The monoisotopic (exact) mass is 458 g/mol. The predicted octanol–water partition coefficient (Wildman–Crippen LogP) is 2.72. The summed E-state index contributed by atoms with van der Waals surface area (Å²) < 4.78 is 35.0. The molecule has 3 rings (SSSR count). The lowest BCUT2D eigenvalue weighted by Gasteiger charge is -2.25. The summed E-state index contributed by atoms with van der Waals surface area (Å²) >= 11 is 0. The van der Waals surface area contributed by atoms with Crippen molar-refractivity contribution < 1.29 is 32.9 Å². The van der Waals surface area contributed by atoms with E-state index in [-0.39, 0.29) is 17.0 Å². The first-order chi connectivity index (χ1) is 16.0. The van der Waals surface area contributed by atoms with Crippen LogP contribution in [0.5, 0.6) is 11.5 Å². The van der Waals surface area contributed by atoms with Crippen molar-refractivity contribution in [3.63, 3.8) is 0 Å². The molecular weight excluding hydrogens is 431 g/mol. The maximum atomic E-state index is 13.9. The van der Waals surface area contributed by atoms with Crippen molar-refractivity contribution in [3.8, 4) is 11.5 Å². The van der Waals surface area contributed by atoms with E-state index in [4.69, 9.17) is 18.9 Å². The molecule has 9 heteroatoms. The molecule has 0 aromatic heterocycles. The Bertz CT molecular complexity index is 1050. The summed E-state index contributed by atoms with van der Waals surface area (Å²) in [6.45, 7) is 1.35. The van der Waals surface area contributed by atoms with Gasteiger partial charge in [-0.05, 0) is 35.9 Å². The molecule has 0 atom stereocenters. The van der Waals surface area contributed by atoms with Crippen molar-refractivity contribution in [1.82, 2.24) is 4.90 Å². The first-order valence-corrected chi connectivity index (χ1v) is 10.3. The third-order valence-electron chi connectivity index (χ3n) is 5.24. The van der Waals surface area contributed by atoms with Crippen molar-refractivity contribution in [2.24, 2.45) is 0 Å². The zero-order valence-corrected chi connectivity index (χ0v) is 19.1. The minimum atomic E-state index is -0.562. The number of hydrogen-bond acceptors (Lipinski definition) is 7. The molecule has 2 aromatic rings. The zero-order chi connectivity index (χ0) is 24.0. The van der Waals surface area contributed by atoms with Crippen LogP contribution in [0.25, 0.3) is 5.57 Å². The van der Waals surface area contributed by atoms with Crippen LogP contribution in [-0.4, -0.2) is 71.5 Å². The fourth-order valence-corrected chi connectivity index (χ4v) is 3.65. The van der Waals surface area contributed by atoms with Crippen LogP contribution in [0.4, 0.5) is 10.1 Å². The maximum Gasteiger partial charge on any atom is 0.282 e. The number of amides is 2. The van der Waals surface area contributed by atoms with Gasteiger partial charge >= 0.3 is 0 Å². The predicted molar refractivity (Wildman–Crippen MR) is 121 cm³/mol. The van der Waals surface area contributed by atoms with E-state index in [2.05, 4.69) is 0 Å². The van der Waals surface area contributed by atoms with Gasteiger partial charge < -0.3 is 23.8 Å². The number of methoxy groups -OCH3 is 4. The molecule has 0 aliphatic carbocycles. The Balaban J connectivity index is 2.18. The van der Waals surface area contributed by atoms with Crippen LogP contribution in [-0.2, 0) is 19.1 Å². The number of benzene rings is 2. The highest BCUT2D eigenvalue weighted by atomic mass is 19.1. The van der Waals surface area contributed by atoms with E-state index in [1.165, 1.54) is 32.4 Å². The molecule has 0 saturated heterocycles. The second-order valence-electron chi connectivity index (χ2n) is 7.19. The van der Waals surface area contributed by atoms with Gasteiger partial charge in [0.15, 0.2) is 11.5 Å². The first kappa shape index (κ1) is 24.2. The van der Waals surface area contributed by atoms with Crippen LogP contribution < -0.4 is 14.4 Å². The lowest BCUT2D eigenvalue weighted by atomic mass is 10.0. The van der Waals surface area contributed by atoms with Crippen LogP contribution in [0, 0.1) is 5.82 Å². The van der Waals surface area contributed by atoms with Crippen molar-refractivity contribution in [1.29, 1.82) is 0 Å². The highest BCUT2D eigenvalue weighted by Gasteiger charge is 2.42. The second kappa shape index (κ2) is 10.9. The van der Waals surface area contributed by atoms with E-state index in [1.54, 1.807) is 37.3 Å². The Morgan fingerprint density at radius 1 is 0.848 bits per heavy atom. The largest absolute Gasteiger partial charge is 0.493 e. The molecule has 0 spiro atoms. The molecule has 1 heterocycles. The molecule has 0 unspecified atom stereocenters. The molecule has 0 bridgehead atoms. The van der Waals surface area contributed by atoms with Gasteiger partial charge in [0.05, 0.1) is 38.7 Å². The van der Waals surface area contributed by atoms with Gasteiger partial charge in [-0.3, -0.25) is 9.59 Å². The Kier molecular flexibility index (Phi) is 8.02. The number of carbonyl (C=O) groups is 2. The van der Waals surface area contributed by atoms with Gasteiger partial charge in [0, 0.05) is 27.3 Å². The molecule has 176 valence electrons. The molecule has 1 aliphatic heterocycles. The van der Waals surface area contributed by atoms with Crippen LogP contribution in [0.3, 0.4) is 0 Å². The van der Waals surface area contributed by atoms with Crippen molar-refractivity contribution in [2.45, 2.75) is 0 Å².